The third kappa shape index (κ3) is 4.21. The lowest BCUT2D eigenvalue weighted by Gasteiger charge is -2.24. The van der Waals surface area contributed by atoms with Crippen molar-refractivity contribution >= 4 is 22.4 Å². The molecule has 1 aromatic heterocycles. The van der Waals surface area contributed by atoms with E-state index in [9.17, 15) is 13.9 Å². The summed E-state index contributed by atoms with van der Waals surface area (Å²) >= 11 is 0. The molecule has 0 radical (unpaired) electrons. The Bertz CT molecular complexity index is 1280. The van der Waals surface area contributed by atoms with E-state index in [4.69, 9.17) is 10.1 Å². The molecule has 2 aromatic carbocycles. The third-order valence-corrected chi connectivity index (χ3v) is 7.10. The first kappa shape index (κ1) is 23.8. The van der Waals surface area contributed by atoms with Crippen LogP contribution in [0.25, 0.3) is 10.9 Å². The van der Waals surface area contributed by atoms with Crippen molar-refractivity contribution in [2.75, 3.05) is 29.9 Å². The van der Waals surface area contributed by atoms with Gasteiger partial charge in [-0.1, -0.05) is 12.1 Å². The average Bonchev–Trinajstić information content (AvgIpc) is 3.48. The van der Waals surface area contributed by atoms with E-state index in [2.05, 4.69) is 15.2 Å². The van der Waals surface area contributed by atoms with Crippen molar-refractivity contribution in [1.29, 1.82) is 0 Å². The summed E-state index contributed by atoms with van der Waals surface area (Å²) in [5, 5.41) is 23.1. The minimum Gasteiger partial charge on any atom is -0.391 e. The number of β-amino-alcohol motifs (C(OH)–C–C–N with tert-alkyl or cyclic N) is 1. The Morgan fingerprint density at radius 1 is 1.23 bits per heavy atom. The van der Waals surface area contributed by atoms with E-state index >= 15 is 4.39 Å². The van der Waals surface area contributed by atoms with Crippen LogP contribution in [0.4, 0.5) is 24.7 Å². The molecule has 6 nitrogen and oxygen atoms in total. The van der Waals surface area contributed by atoms with E-state index in [1.54, 1.807) is 13.8 Å². The van der Waals surface area contributed by atoms with Gasteiger partial charge < -0.3 is 20.4 Å². The van der Waals surface area contributed by atoms with Gasteiger partial charge in [0.05, 0.1) is 23.2 Å². The highest BCUT2D eigenvalue weighted by Gasteiger charge is 2.35. The maximum atomic E-state index is 15.1. The molecule has 1 saturated heterocycles. The maximum Gasteiger partial charge on any atom is 0.298 e. The Hall–Kier alpha value is -2.91. The molecule has 3 aromatic rings. The number of anilines is 2. The van der Waals surface area contributed by atoms with Gasteiger partial charge in [0.1, 0.15) is 24.1 Å². The van der Waals surface area contributed by atoms with Crippen LogP contribution in [0.15, 0.2) is 24.3 Å². The predicted octanol–water partition coefficient (Wildman–Crippen LogP) is 4.39. The normalized spacial score (nSPS) is 18.8. The van der Waals surface area contributed by atoms with Crippen molar-refractivity contribution in [3.05, 3.63) is 58.2 Å². The van der Waals surface area contributed by atoms with Crippen molar-refractivity contribution in [2.24, 2.45) is 0 Å². The Morgan fingerprint density at radius 2 is 2.00 bits per heavy atom. The van der Waals surface area contributed by atoms with Gasteiger partial charge in [-0.05, 0) is 62.8 Å². The SMILES string of the molecule is Cc1nc(NC(C)c2cccc(C(F)(F)CO)c2F)c2cc(N3CC[C@@H](O)C3)c3c(c2n1)CCC3. The Balaban J connectivity index is 1.58. The quantitative estimate of drug-likeness (QED) is 0.480. The van der Waals surface area contributed by atoms with E-state index in [1.807, 2.05) is 6.07 Å². The molecule has 1 fully saturated rings. The molecule has 1 aliphatic carbocycles. The Kier molecular flexibility index (Phi) is 6.09. The van der Waals surface area contributed by atoms with Crippen molar-refractivity contribution in [3.63, 3.8) is 0 Å². The van der Waals surface area contributed by atoms with Crippen LogP contribution in [0.3, 0.4) is 0 Å². The van der Waals surface area contributed by atoms with Crippen molar-refractivity contribution in [1.82, 2.24) is 9.97 Å². The third-order valence-electron chi connectivity index (χ3n) is 7.10. The van der Waals surface area contributed by atoms with E-state index in [1.165, 1.54) is 23.3 Å². The number of aliphatic hydroxyl groups excluding tert-OH is 2. The fourth-order valence-electron chi connectivity index (χ4n) is 5.35. The van der Waals surface area contributed by atoms with Crippen LogP contribution < -0.4 is 10.2 Å². The molecule has 1 unspecified atom stereocenters. The van der Waals surface area contributed by atoms with E-state index in [0.29, 0.717) is 24.6 Å². The Labute approximate surface area is 201 Å². The number of nitrogens with zero attached hydrogens (tertiary/aromatic N) is 3. The highest BCUT2D eigenvalue weighted by atomic mass is 19.3. The second-order valence-electron chi connectivity index (χ2n) is 9.55. The largest absolute Gasteiger partial charge is 0.391 e. The number of aryl methyl sites for hydroxylation is 2. The molecule has 0 spiro atoms. The molecule has 0 bridgehead atoms. The first-order valence-corrected chi connectivity index (χ1v) is 12.0. The molecule has 5 rings (SSSR count). The second-order valence-corrected chi connectivity index (χ2v) is 9.55. The first-order chi connectivity index (χ1) is 16.7. The van der Waals surface area contributed by atoms with Gasteiger partial charge in [-0.15, -0.1) is 0 Å². The number of rotatable bonds is 6. The first-order valence-electron chi connectivity index (χ1n) is 12.0. The van der Waals surface area contributed by atoms with Crippen molar-refractivity contribution < 1.29 is 23.4 Å². The number of aromatic nitrogens is 2. The lowest BCUT2D eigenvalue weighted by molar-refractivity contribution is -0.0583. The lowest BCUT2D eigenvalue weighted by Crippen LogP contribution is -2.23. The molecular weight excluding hydrogens is 457 g/mol. The molecule has 186 valence electrons. The van der Waals surface area contributed by atoms with Crippen LogP contribution in [0.1, 0.15) is 53.9 Å². The molecule has 0 saturated carbocycles. The number of aliphatic hydroxyl groups is 2. The van der Waals surface area contributed by atoms with E-state index in [0.717, 1.165) is 48.5 Å². The number of hydrogen-bond acceptors (Lipinski definition) is 6. The predicted molar refractivity (Wildman–Crippen MR) is 129 cm³/mol. The van der Waals surface area contributed by atoms with Crippen LogP contribution in [-0.4, -0.2) is 46.0 Å². The minimum atomic E-state index is -3.67. The molecular formula is C26H29F3N4O2. The molecule has 1 aliphatic heterocycles. The number of benzene rings is 2. The highest BCUT2D eigenvalue weighted by Crippen LogP contribution is 2.41. The maximum absolute atomic E-state index is 15.1. The van der Waals surface area contributed by atoms with E-state index in [-0.39, 0.29) is 11.7 Å². The number of halogens is 3. The zero-order valence-electron chi connectivity index (χ0n) is 19.8. The standard InChI is InChI=1S/C26H29F3N4O2/c1-14(17-5-4-8-21(23(17)27)26(28,29)13-34)30-25-20-11-22(33-10-9-16(35)12-33)18-6-3-7-19(18)24(20)31-15(2)32-25/h4-5,8,11,14,16,34-35H,3,6-7,9-10,12-13H2,1-2H3,(H,30,31,32)/t14?,16-/m1/s1. The molecule has 35 heavy (non-hydrogen) atoms. The number of nitrogens with one attached hydrogen (secondary N) is 1. The summed E-state index contributed by atoms with van der Waals surface area (Å²) in [4.78, 5) is 11.5. The summed E-state index contributed by atoms with van der Waals surface area (Å²) in [5.74, 6) is -3.65. The number of hydrogen-bond donors (Lipinski definition) is 3. The summed E-state index contributed by atoms with van der Waals surface area (Å²) in [5.41, 5.74) is 3.58. The molecule has 3 N–H and O–H groups in total. The molecule has 9 heteroatoms. The van der Waals surface area contributed by atoms with Crippen LogP contribution in [0, 0.1) is 12.7 Å². The molecule has 2 atom stereocenters. The second kappa shape index (κ2) is 8.95. The fourth-order valence-corrected chi connectivity index (χ4v) is 5.35. The van der Waals surface area contributed by atoms with Crippen LogP contribution in [-0.2, 0) is 18.8 Å². The summed E-state index contributed by atoms with van der Waals surface area (Å²) in [6.07, 6.45) is 3.23. The van der Waals surface area contributed by atoms with E-state index < -0.39 is 30.0 Å². The summed E-state index contributed by atoms with van der Waals surface area (Å²) in [7, 11) is 0. The monoisotopic (exact) mass is 486 g/mol. The average molecular weight is 487 g/mol. The topological polar surface area (TPSA) is 81.5 Å². The van der Waals surface area contributed by atoms with Gasteiger partial charge in [-0.2, -0.15) is 8.78 Å². The summed E-state index contributed by atoms with van der Waals surface area (Å²) in [6.45, 7) is 3.35. The molecule has 0 amide bonds. The van der Waals surface area contributed by atoms with Gasteiger partial charge in [0.2, 0.25) is 0 Å². The van der Waals surface area contributed by atoms with Gasteiger partial charge >= 0.3 is 0 Å². The van der Waals surface area contributed by atoms with Crippen molar-refractivity contribution in [3.8, 4) is 0 Å². The van der Waals surface area contributed by atoms with Gasteiger partial charge in [0.15, 0.2) is 0 Å². The zero-order valence-corrected chi connectivity index (χ0v) is 19.8. The Morgan fingerprint density at radius 3 is 2.71 bits per heavy atom. The highest BCUT2D eigenvalue weighted by molar-refractivity contribution is 5.96. The van der Waals surface area contributed by atoms with Gasteiger partial charge in [-0.3, -0.25) is 0 Å². The zero-order chi connectivity index (χ0) is 24.9. The lowest BCUT2D eigenvalue weighted by atomic mass is 9.99. The van der Waals surface area contributed by atoms with Crippen molar-refractivity contribution in [2.45, 2.75) is 57.6 Å². The van der Waals surface area contributed by atoms with Gasteiger partial charge in [-0.25, -0.2) is 14.4 Å². The summed E-state index contributed by atoms with van der Waals surface area (Å²) in [6, 6.07) is 5.18. The van der Waals surface area contributed by atoms with Gasteiger partial charge in [0, 0.05) is 29.7 Å². The molecule has 2 heterocycles. The smallest absolute Gasteiger partial charge is 0.298 e. The molecule has 2 aliphatic rings. The number of fused-ring (bicyclic) bond motifs is 3. The van der Waals surface area contributed by atoms with Crippen LogP contribution >= 0.6 is 0 Å². The fraction of sp³-hybridized carbons (Fsp3) is 0.462. The van der Waals surface area contributed by atoms with Crippen LogP contribution in [0.5, 0.6) is 0 Å². The number of alkyl halides is 2. The van der Waals surface area contributed by atoms with Gasteiger partial charge in [0.25, 0.3) is 5.92 Å². The minimum absolute atomic E-state index is 0.0593. The summed E-state index contributed by atoms with van der Waals surface area (Å²) < 4.78 is 43.2. The van der Waals surface area contributed by atoms with Crippen LogP contribution in [0.2, 0.25) is 0 Å².